The number of amides is 1. The number of carbonyl (C=O) groups excluding carboxylic acids is 1. The van der Waals surface area contributed by atoms with Gasteiger partial charge in [0.25, 0.3) is 5.91 Å². The molecular formula is C12H13ClN4O. The Morgan fingerprint density at radius 2 is 2.39 bits per heavy atom. The van der Waals surface area contributed by atoms with Gasteiger partial charge in [0, 0.05) is 5.71 Å². The number of alkyl halides is 1. The second-order valence-electron chi connectivity index (χ2n) is 3.97. The van der Waals surface area contributed by atoms with E-state index >= 15 is 0 Å². The first-order valence-electron chi connectivity index (χ1n) is 5.46. The molecule has 1 heterocycles. The van der Waals surface area contributed by atoms with Gasteiger partial charge in [0.05, 0.1) is 23.7 Å². The van der Waals surface area contributed by atoms with Crippen LogP contribution in [0.5, 0.6) is 0 Å². The van der Waals surface area contributed by atoms with Gasteiger partial charge >= 0.3 is 0 Å². The van der Waals surface area contributed by atoms with Crippen molar-refractivity contribution in [1.82, 2.24) is 0 Å². The number of aliphatic imine (C=N–C) groups is 1. The third kappa shape index (κ3) is 2.68. The van der Waals surface area contributed by atoms with Crippen LogP contribution in [0.1, 0.15) is 13.3 Å². The van der Waals surface area contributed by atoms with Gasteiger partial charge in [-0.05, 0) is 25.1 Å². The fraction of sp³-hybridized carbons (Fsp3) is 0.250. The van der Waals surface area contributed by atoms with Crippen molar-refractivity contribution in [2.24, 2.45) is 15.8 Å². The van der Waals surface area contributed by atoms with Crippen LogP contribution in [0.3, 0.4) is 0 Å². The standard InChI is InChI=1S/C12H13ClN4O/c1-8-5-12(18)17(16-8)10-4-2-3-9(6-10)15-11(14)7-13/h2-4,6H,5,7H2,1H3,(H2,14,15). The topological polar surface area (TPSA) is 71.1 Å². The molecule has 6 heteroatoms. The highest BCUT2D eigenvalue weighted by Gasteiger charge is 2.22. The molecule has 0 aromatic heterocycles. The first kappa shape index (κ1) is 12.6. The number of halogens is 1. The van der Waals surface area contributed by atoms with Crippen molar-refractivity contribution in [2.75, 3.05) is 10.9 Å². The molecule has 2 N–H and O–H groups in total. The normalized spacial score (nSPS) is 16.1. The summed E-state index contributed by atoms with van der Waals surface area (Å²) >= 11 is 5.57. The molecule has 0 unspecified atom stereocenters. The minimum absolute atomic E-state index is 0.0426. The van der Waals surface area contributed by atoms with Crippen LogP contribution in [-0.2, 0) is 4.79 Å². The van der Waals surface area contributed by atoms with Gasteiger partial charge in [-0.25, -0.2) is 10.0 Å². The maximum Gasteiger partial charge on any atom is 0.253 e. The molecule has 1 amide bonds. The quantitative estimate of drug-likeness (QED) is 0.515. The predicted molar refractivity (Wildman–Crippen MR) is 73.7 cm³/mol. The molecule has 1 aromatic rings. The number of rotatable bonds is 3. The molecule has 0 aliphatic carbocycles. The van der Waals surface area contributed by atoms with Gasteiger partial charge in [0.15, 0.2) is 0 Å². The fourth-order valence-corrected chi connectivity index (χ4v) is 1.71. The van der Waals surface area contributed by atoms with E-state index in [0.717, 1.165) is 5.71 Å². The summed E-state index contributed by atoms with van der Waals surface area (Å²) in [6.45, 7) is 1.82. The summed E-state index contributed by atoms with van der Waals surface area (Å²) in [6.07, 6.45) is 0.358. The molecule has 0 radical (unpaired) electrons. The molecule has 18 heavy (non-hydrogen) atoms. The van der Waals surface area contributed by atoms with Crippen LogP contribution in [0.4, 0.5) is 11.4 Å². The molecule has 1 aliphatic heterocycles. The lowest BCUT2D eigenvalue weighted by molar-refractivity contribution is -0.116. The van der Waals surface area contributed by atoms with Crippen LogP contribution in [0.25, 0.3) is 0 Å². The zero-order chi connectivity index (χ0) is 13.1. The van der Waals surface area contributed by atoms with Crippen molar-refractivity contribution in [2.45, 2.75) is 13.3 Å². The van der Waals surface area contributed by atoms with Crippen molar-refractivity contribution >= 4 is 40.4 Å². The van der Waals surface area contributed by atoms with Crippen LogP contribution in [0.15, 0.2) is 34.4 Å². The second-order valence-corrected chi connectivity index (χ2v) is 4.24. The Balaban J connectivity index is 2.31. The van der Waals surface area contributed by atoms with E-state index in [1.54, 1.807) is 24.3 Å². The lowest BCUT2D eigenvalue weighted by atomic mass is 10.2. The number of hydrogen-bond acceptors (Lipinski definition) is 3. The number of hydrogen-bond donors (Lipinski definition) is 1. The molecule has 0 bridgehead atoms. The molecule has 0 spiro atoms. The molecule has 5 nitrogen and oxygen atoms in total. The van der Waals surface area contributed by atoms with Crippen molar-refractivity contribution in [1.29, 1.82) is 0 Å². The molecule has 2 rings (SSSR count). The third-order valence-electron chi connectivity index (χ3n) is 2.40. The predicted octanol–water partition coefficient (Wildman–Crippen LogP) is 2.03. The summed E-state index contributed by atoms with van der Waals surface area (Å²) < 4.78 is 0. The van der Waals surface area contributed by atoms with Crippen molar-refractivity contribution < 1.29 is 4.79 Å². The lowest BCUT2D eigenvalue weighted by Crippen LogP contribution is -2.19. The van der Waals surface area contributed by atoms with E-state index in [-0.39, 0.29) is 11.8 Å². The third-order valence-corrected chi connectivity index (χ3v) is 2.67. The van der Waals surface area contributed by atoms with Gasteiger partial charge in [0.1, 0.15) is 5.84 Å². The van der Waals surface area contributed by atoms with Crippen molar-refractivity contribution in [3.8, 4) is 0 Å². The van der Waals surface area contributed by atoms with Crippen molar-refractivity contribution in [3.05, 3.63) is 24.3 Å². The lowest BCUT2D eigenvalue weighted by Gasteiger charge is -2.11. The Labute approximate surface area is 110 Å². The minimum Gasteiger partial charge on any atom is -0.386 e. The van der Waals surface area contributed by atoms with Crippen LogP contribution in [-0.4, -0.2) is 23.3 Å². The maximum absolute atomic E-state index is 11.7. The number of anilines is 1. The number of nitrogens with two attached hydrogens (primary N) is 1. The summed E-state index contributed by atoms with van der Waals surface area (Å²) in [6, 6.07) is 7.14. The Morgan fingerprint density at radius 3 is 3.00 bits per heavy atom. The van der Waals surface area contributed by atoms with Crippen LogP contribution in [0.2, 0.25) is 0 Å². The van der Waals surface area contributed by atoms with Gasteiger partial charge in [-0.15, -0.1) is 11.6 Å². The summed E-state index contributed by atoms with van der Waals surface area (Å²) in [4.78, 5) is 15.8. The monoisotopic (exact) mass is 264 g/mol. The van der Waals surface area contributed by atoms with Gasteiger partial charge in [-0.3, -0.25) is 4.79 Å². The molecule has 0 saturated carbocycles. The number of benzene rings is 1. The first-order chi connectivity index (χ1) is 8.60. The molecule has 0 fully saturated rings. The van der Waals surface area contributed by atoms with Crippen LogP contribution >= 0.6 is 11.6 Å². The first-order valence-corrected chi connectivity index (χ1v) is 5.99. The summed E-state index contributed by atoms with van der Waals surface area (Å²) in [5.41, 5.74) is 7.70. The molecule has 1 aromatic carbocycles. The minimum atomic E-state index is -0.0426. The summed E-state index contributed by atoms with van der Waals surface area (Å²) in [5.74, 6) is 0.463. The fourth-order valence-electron chi connectivity index (χ4n) is 1.65. The van der Waals surface area contributed by atoms with Gasteiger partial charge in [-0.2, -0.15) is 5.10 Å². The van der Waals surface area contributed by atoms with E-state index in [9.17, 15) is 4.79 Å². The second kappa shape index (κ2) is 5.18. The van der Waals surface area contributed by atoms with Gasteiger partial charge < -0.3 is 5.73 Å². The van der Waals surface area contributed by atoms with E-state index in [0.29, 0.717) is 23.6 Å². The van der Waals surface area contributed by atoms with Crippen LogP contribution < -0.4 is 10.7 Å². The number of hydrazone groups is 1. The summed E-state index contributed by atoms with van der Waals surface area (Å²) in [7, 11) is 0. The Hall–Kier alpha value is -1.88. The highest BCUT2D eigenvalue weighted by atomic mass is 35.5. The average Bonchev–Trinajstić information content (AvgIpc) is 2.68. The largest absolute Gasteiger partial charge is 0.386 e. The molecule has 0 saturated heterocycles. The maximum atomic E-state index is 11.7. The van der Waals surface area contributed by atoms with Crippen molar-refractivity contribution in [3.63, 3.8) is 0 Å². The molecular weight excluding hydrogens is 252 g/mol. The molecule has 1 aliphatic rings. The van der Waals surface area contributed by atoms with Crippen LogP contribution in [0, 0.1) is 0 Å². The van der Waals surface area contributed by atoms with E-state index in [4.69, 9.17) is 17.3 Å². The average molecular weight is 265 g/mol. The smallest absolute Gasteiger partial charge is 0.253 e. The van der Waals surface area contributed by atoms with E-state index < -0.39 is 0 Å². The molecule has 0 atom stereocenters. The van der Waals surface area contributed by atoms with E-state index in [1.165, 1.54) is 5.01 Å². The summed E-state index contributed by atoms with van der Waals surface area (Å²) in [5, 5.41) is 5.56. The zero-order valence-electron chi connectivity index (χ0n) is 9.93. The Morgan fingerprint density at radius 1 is 1.61 bits per heavy atom. The number of amidine groups is 1. The highest BCUT2D eigenvalue weighted by Crippen LogP contribution is 2.25. The zero-order valence-corrected chi connectivity index (χ0v) is 10.7. The SMILES string of the molecule is CC1=NN(c2cccc(N=C(N)CCl)c2)C(=O)C1. The number of nitrogens with zero attached hydrogens (tertiary/aromatic N) is 3. The highest BCUT2D eigenvalue weighted by molar-refractivity contribution is 6.28. The Bertz CT molecular complexity index is 539. The molecule has 94 valence electrons. The van der Waals surface area contributed by atoms with E-state index in [2.05, 4.69) is 10.1 Å². The van der Waals surface area contributed by atoms with Gasteiger partial charge in [0.2, 0.25) is 0 Å². The number of carbonyl (C=O) groups is 1. The Kier molecular flexibility index (Phi) is 3.62. The van der Waals surface area contributed by atoms with Gasteiger partial charge in [-0.1, -0.05) is 6.07 Å². The van der Waals surface area contributed by atoms with E-state index in [1.807, 2.05) is 6.92 Å².